The van der Waals surface area contributed by atoms with Crippen LogP contribution in [-0.4, -0.2) is 35.8 Å². The monoisotopic (exact) mass is 541 g/mol. The number of nitrogens with one attached hydrogen (secondary N) is 1. The summed E-state index contributed by atoms with van der Waals surface area (Å²) in [4.78, 5) is 39.5. The second-order valence-corrected chi connectivity index (χ2v) is 9.19. The molecule has 14 nitrogen and oxygen atoms in total. The van der Waals surface area contributed by atoms with Gasteiger partial charge in [-0.2, -0.15) is 0 Å². The van der Waals surface area contributed by atoms with Gasteiger partial charge in [0.25, 0.3) is 5.91 Å². The first-order chi connectivity index (χ1) is 19.5. The molecule has 14 heteroatoms. The first kappa shape index (κ1) is 23.6. The maximum Gasteiger partial charge on any atom is 0.273 e. The van der Waals surface area contributed by atoms with Crippen molar-refractivity contribution in [2.75, 3.05) is 0 Å². The smallest absolute Gasteiger partial charge is 0.273 e. The first-order valence-electron chi connectivity index (χ1n) is 12.2. The van der Waals surface area contributed by atoms with Crippen LogP contribution < -0.4 is 5.32 Å². The third kappa shape index (κ3) is 4.30. The Hall–Kier alpha value is -5.53. The highest BCUT2D eigenvalue weighted by Gasteiger charge is 2.27. The van der Waals surface area contributed by atoms with Gasteiger partial charge in [-0.05, 0) is 12.0 Å². The largest absolute Gasteiger partial charge is 0.448 e. The summed E-state index contributed by atoms with van der Waals surface area (Å²) >= 11 is 0. The van der Waals surface area contributed by atoms with Crippen LogP contribution in [0, 0.1) is 5.92 Å². The van der Waals surface area contributed by atoms with Crippen LogP contribution in [-0.2, 0) is 6.42 Å². The number of carbonyl (C=O) groups excluding carboxylic acids is 1. The van der Waals surface area contributed by atoms with Crippen molar-refractivity contribution in [2.45, 2.75) is 26.3 Å². The first-order valence-corrected chi connectivity index (χ1v) is 12.2. The molecule has 40 heavy (non-hydrogen) atoms. The van der Waals surface area contributed by atoms with E-state index in [1.807, 2.05) is 19.9 Å². The second kappa shape index (κ2) is 9.34. The van der Waals surface area contributed by atoms with E-state index in [0.29, 0.717) is 35.1 Å². The number of allylic oxidation sites excluding steroid dienone is 1. The van der Waals surface area contributed by atoms with Gasteiger partial charge in [0.1, 0.15) is 49.3 Å². The highest BCUT2D eigenvalue weighted by molar-refractivity contribution is 5.92. The molecule has 0 unspecified atom stereocenters. The lowest BCUT2D eigenvalue weighted by molar-refractivity contribution is 0.0911. The lowest BCUT2D eigenvalue weighted by atomic mass is 10.0. The van der Waals surface area contributed by atoms with Crippen molar-refractivity contribution in [3.8, 4) is 46.3 Å². The zero-order valence-corrected chi connectivity index (χ0v) is 21.0. The van der Waals surface area contributed by atoms with E-state index in [4.69, 9.17) is 26.5 Å². The van der Waals surface area contributed by atoms with Crippen molar-refractivity contribution in [1.29, 1.82) is 0 Å². The quantitative estimate of drug-likeness (QED) is 0.294. The molecule has 6 aromatic rings. The van der Waals surface area contributed by atoms with E-state index in [0.717, 1.165) is 0 Å². The molecule has 0 fully saturated rings. The molecule has 12 bridgehead atoms. The molecular formula is C26H19N7O7. The topological polar surface area (TPSA) is 185 Å². The van der Waals surface area contributed by atoms with Gasteiger partial charge in [0, 0.05) is 6.42 Å². The summed E-state index contributed by atoms with van der Waals surface area (Å²) in [7, 11) is 0. The average molecular weight is 541 g/mol. The summed E-state index contributed by atoms with van der Waals surface area (Å²) in [5, 5.41) is 2.89. The summed E-state index contributed by atoms with van der Waals surface area (Å²) in [6, 6.07) is -0.581. The SMILES string of the molecule is CC(C)[C@@H]1NC(=O)c2coc(n2)-c2coc(n2)-c2coc(n2)CC=Cc2coc(n2)-c2coc(n2)-c2coc1n2. The van der Waals surface area contributed by atoms with Crippen LogP contribution in [0.5, 0.6) is 0 Å². The van der Waals surface area contributed by atoms with Crippen LogP contribution in [0.3, 0.4) is 0 Å². The van der Waals surface area contributed by atoms with Crippen LogP contribution in [0.1, 0.15) is 47.9 Å². The van der Waals surface area contributed by atoms with Gasteiger partial charge in [-0.25, -0.2) is 29.9 Å². The highest BCUT2D eigenvalue weighted by atomic mass is 16.4. The summed E-state index contributed by atoms with van der Waals surface area (Å²) < 4.78 is 33.4. The Morgan fingerprint density at radius 2 is 1.23 bits per heavy atom. The average Bonchev–Trinajstić information content (AvgIpc) is 3.76. The van der Waals surface area contributed by atoms with Gasteiger partial charge in [0.15, 0.2) is 34.4 Å². The lowest BCUT2D eigenvalue weighted by Gasteiger charge is -2.18. The number of carbonyl (C=O) groups is 1. The summed E-state index contributed by atoms with van der Waals surface area (Å²) in [5.41, 5.74) is 2.03. The Labute approximate surface area is 224 Å². The second-order valence-electron chi connectivity index (χ2n) is 9.19. The molecule has 7 heterocycles. The predicted molar refractivity (Wildman–Crippen MR) is 133 cm³/mol. The molecule has 0 aliphatic carbocycles. The molecule has 0 aromatic carbocycles. The molecule has 1 atom stereocenters. The van der Waals surface area contributed by atoms with Gasteiger partial charge in [-0.1, -0.05) is 19.9 Å². The molecule has 0 spiro atoms. The standard InChI is InChI=1S/C26H19N7O7/c1-12(2)20-26-32-18(11-40-26)25-30-16(9-39-25)22-27-13(6-36-22)4-3-5-19-28-15(8-35-19)23-31-17(10-38-23)24-29-14(7-37-24)21(34)33-20/h3-4,6-12,20H,5H2,1-2H3,(H,33,34)/t20-/m0/s1. The molecule has 1 N–H and O–H groups in total. The molecule has 1 aliphatic heterocycles. The molecule has 0 saturated carbocycles. The Bertz CT molecular complexity index is 1850. The molecular weight excluding hydrogens is 522 g/mol. The lowest BCUT2D eigenvalue weighted by Crippen LogP contribution is -2.32. The van der Waals surface area contributed by atoms with Gasteiger partial charge in [0.2, 0.25) is 29.5 Å². The van der Waals surface area contributed by atoms with E-state index in [1.165, 1.54) is 37.6 Å². The highest BCUT2D eigenvalue weighted by Crippen LogP contribution is 2.29. The van der Waals surface area contributed by atoms with Gasteiger partial charge in [-0.3, -0.25) is 4.79 Å². The Morgan fingerprint density at radius 1 is 0.675 bits per heavy atom. The fourth-order valence-electron chi connectivity index (χ4n) is 4.00. The van der Waals surface area contributed by atoms with Gasteiger partial charge < -0.3 is 31.8 Å². The fourth-order valence-corrected chi connectivity index (χ4v) is 4.00. The Balaban J connectivity index is 1.26. The molecule has 1 aliphatic rings. The maximum atomic E-state index is 13.1. The van der Waals surface area contributed by atoms with E-state index in [1.54, 1.807) is 6.08 Å². The minimum absolute atomic E-state index is 0.0459. The van der Waals surface area contributed by atoms with Crippen molar-refractivity contribution >= 4 is 12.0 Å². The van der Waals surface area contributed by atoms with E-state index in [-0.39, 0.29) is 46.8 Å². The van der Waals surface area contributed by atoms with Crippen molar-refractivity contribution in [1.82, 2.24) is 35.2 Å². The predicted octanol–water partition coefficient (Wildman–Crippen LogP) is 4.98. The van der Waals surface area contributed by atoms with Gasteiger partial charge in [0.05, 0.1) is 0 Å². The maximum absolute atomic E-state index is 13.1. The van der Waals surface area contributed by atoms with E-state index >= 15 is 0 Å². The zero-order valence-electron chi connectivity index (χ0n) is 21.0. The van der Waals surface area contributed by atoms with Gasteiger partial charge >= 0.3 is 0 Å². The number of hydrogen-bond donors (Lipinski definition) is 1. The summed E-state index contributed by atoms with van der Waals surface area (Å²) in [6.45, 7) is 3.84. The van der Waals surface area contributed by atoms with Crippen LogP contribution >= 0.6 is 0 Å². The number of oxazole rings is 6. The number of hydrogen-bond acceptors (Lipinski definition) is 13. The molecule has 200 valence electrons. The Kier molecular flexibility index (Phi) is 5.50. The fraction of sp³-hybridized carbons (Fsp3) is 0.192. The van der Waals surface area contributed by atoms with E-state index in [9.17, 15) is 4.79 Å². The number of rotatable bonds is 1. The van der Waals surface area contributed by atoms with Crippen molar-refractivity contribution < 1.29 is 31.3 Å². The minimum atomic E-state index is -0.581. The normalized spacial score (nSPS) is 15.3. The van der Waals surface area contributed by atoms with E-state index in [2.05, 4.69) is 35.2 Å². The third-order valence-electron chi connectivity index (χ3n) is 6.02. The van der Waals surface area contributed by atoms with Crippen LogP contribution in [0.4, 0.5) is 0 Å². The molecule has 0 saturated heterocycles. The van der Waals surface area contributed by atoms with Crippen LogP contribution in [0.2, 0.25) is 0 Å². The zero-order chi connectivity index (χ0) is 27.2. The third-order valence-corrected chi connectivity index (χ3v) is 6.02. The molecule has 7 rings (SSSR count). The van der Waals surface area contributed by atoms with Crippen molar-refractivity contribution in [3.63, 3.8) is 0 Å². The van der Waals surface area contributed by atoms with Crippen molar-refractivity contribution in [3.05, 3.63) is 66.8 Å². The van der Waals surface area contributed by atoms with Crippen LogP contribution in [0.25, 0.3) is 52.4 Å². The molecule has 6 aromatic heterocycles. The summed E-state index contributed by atoms with van der Waals surface area (Å²) in [6.07, 6.45) is 12.3. The summed E-state index contributed by atoms with van der Waals surface area (Å²) in [5.74, 6) is 0.929. The number of aromatic nitrogens is 6. The van der Waals surface area contributed by atoms with Crippen LogP contribution in [0.15, 0.2) is 70.2 Å². The Morgan fingerprint density at radius 3 is 1.95 bits per heavy atom. The molecule has 1 amide bonds. The van der Waals surface area contributed by atoms with Crippen molar-refractivity contribution in [2.24, 2.45) is 5.92 Å². The number of amides is 1. The van der Waals surface area contributed by atoms with Gasteiger partial charge in [-0.15, -0.1) is 0 Å². The number of nitrogens with zero attached hydrogens (tertiary/aromatic N) is 6. The minimum Gasteiger partial charge on any atom is -0.448 e. The molecule has 0 radical (unpaired) electrons. The number of fused-ring (bicyclic) bond motifs is 16. The van der Waals surface area contributed by atoms with E-state index < -0.39 is 11.9 Å².